The molecule has 4 rings (SSSR count). The highest BCUT2D eigenvalue weighted by Gasteiger charge is 2.38. The molecule has 0 unspecified atom stereocenters. The maximum Gasteiger partial charge on any atom is 0.225 e. The number of hydrogen-bond donors (Lipinski definition) is 0. The van der Waals surface area contributed by atoms with Gasteiger partial charge in [0, 0.05) is 44.7 Å². The molecule has 29 heavy (non-hydrogen) atoms. The first kappa shape index (κ1) is 20.3. The zero-order valence-corrected chi connectivity index (χ0v) is 18.2. The van der Waals surface area contributed by atoms with Crippen molar-refractivity contribution in [1.82, 2.24) is 14.9 Å². The topological polar surface area (TPSA) is 41.5 Å². The molecule has 1 spiro atoms. The summed E-state index contributed by atoms with van der Waals surface area (Å²) in [5, 5.41) is 0. The normalized spacial score (nSPS) is 19.6. The molecule has 2 aliphatic heterocycles. The van der Waals surface area contributed by atoms with E-state index >= 15 is 0 Å². The summed E-state index contributed by atoms with van der Waals surface area (Å²) >= 11 is 0. The van der Waals surface area contributed by atoms with Gasteiger partial charge in [-0.3, -0.25) is 4.90 Å². The zero-order valence-electron chi connectivity index (χ0n) is 18.2. The van der Waals surface area contributed by atoms with Crippen LogP contribution in [0.25, 0.3) is 0 Å². The van der Waals surface area contributed by atoms with Gasteiger partial charge in [-0.2, -0.15) is 0 Å². The third-order valence-electron chi connectivity index (χ3n) is 6.63. The number of anilines is 1. The van der Waals surface area contributed by atoms with Crippen LogP contribution in [-0.2, 0) is 17.9 Å². The van der Waals surface area contributed by atoms with Crippen molar-refractivity contribution >= 4 is 5.95 Å². The molecule has 156 valence electrons. The summed E-state index contributed by atoms with van der Waals surface area (Å²) < 4.78 is 5.40. The third kappa shape index (κ3) is 4.78. The number of piperidine rings is 2. The van der Waals surface area contributed by atoms with Gasteiger partial charge in [-0.15, -0.1) is 0 Å². The van der Waals surface area contributed by atoms with Gasteiger partial charge in [-0.25, -0.2) is 9.97 Å². The van der Waals surface area contributed by atoms with Crippen LogP contribution in [-0.4, -0.2) is 48.2 Å². The Morgan fingerprint density at radius 2 is 1.66 bits per heavy atom. The molecule has 0 amide bonds. The lowest BCUT2D eigenvalue weighted by molar-refractivity contribution is 0.0598. The second kappa shape index (κ2) is 8.80. The molecule has 0 bridgehead atoms. The molecule has 1 aromatic heterocycles. The number of benzene rings is 1. The standard InChI is InChI=1S/C24H34N4O/c1-19-15-20(2)26-23(25-19)28-13-10-24(11-14-28)9-6-12-27(18-24)16-21-7-4-5-8-22(21)17-29-3/h4-5,7-8,15H,6,9-14,16-18H2,1-3H3. The lowest BCUT2D eigenvalue weighted by Crippen LogP contribution is -2.49. The van der Waals surface area contributed by atoms with Crippen molar-refractivity contribution in [3.8, 4) is 0 Å². The highest BCUT2D eigenvalue weighted by Crippen LogP contribution is 2.40. The van der Waals surface area contributed by atoms with Gasteiger partial charge in [0.05, 0.1) is 6.61 Å². The molecule has 2 aliphatic rings. The predicted molar refractivity (Wildman–Crippen MR) is 117 cm³/mol. The van der Waals surface area contributed by atoms with Gasteiger partial charge in [0.15, 0.2) is 0 Å². The van der Waals surface area contributed by atoms with Crippen LogP contribution in [0.1, 0.15) is 48.2 Å². The number of likely N-dealkylation sites (tertiary alicyclic amines) is 1. The van der Waals surface area contributed by atoms with Crippen molar-refractivity contribution in [2.45, 2.75) is 52.7 Å². The van der Waals surface area contributed by atoms with E-state index in [-0.39, 0.29) is 0 Å². The maximum absolute atomic E-state index is 5.40. The molecule has 2 aromatic rings. The van der Waals surface area contributed by atoms with Crippen molar-refractivity contribution in [3.05, 3.63) is 52.8 Å². The molecule has 2 fully saturated rings. The average molecular weight is 395 g/mol. The summed E-state index contributed by atoms with van der Waals surface area (Å²) in [5.41, 5.74) is 5.30. The number of ether oxygens (including phenoxy) is 1. The van der Waals surface area contributed by atoms with Gasteiger partial charge in [0.25, 0.3) is 0 Å². The summed E-state index contributed by atoms with van der Waals surface area (Å²) in [6.45, 7) is 10.4. The number of aromatic nitrogens is 2. The fraction of sp³-hybridized carbons (Fsp3) is 0.583. The fourth-order valence-electron chi connectivity index (χ4n) is 5.13. The monoisotopic (exact) mass is 394 g/mol. The van der Waals surface area contributed by atoms with Gasteiger partial charge < -0.3 is 9.64 Å². The minimum absolute atomic E-state index is 0.448. The van der Waals surface area contributed by atoms with E-state index in [1.165, 1.54) is 49.9 Å². The number of nitrogens with zero attached hydrogens (tertiary/aromatic N) is 4. The van der Waals surface area contributed by atoms with Crippen molar-refractivity contribution in [2.24, 2.45) is 5.41 Å². The van der Waals surface area contributed by atoms with Crippen LogP contribution in [0.4, 0.5) is 5.95 Å². The minimum atomic E-state index is 0.448. The zero-order chi connectivity index (χ0) is 20.3. The Balaban J connectivity index is 1.40. The number of methoxy groups -OCH3 is 1. The molecular formula is C24H34N4O. The van der Waals surface area contributed by atoms with Crippen LogP contribution in [0.5, 0.6) is 0 Å². The van der Waals surface area contributed by atoms with E-state index in [0.717, 1.165) is 37.0 Å². The summed E-state index contributed by atoms with van der Waals surface area (Å²) in [5.74, 6) is 0.915. The van der Waals surface area contributed by atoms with Gasteiger partial charge >= 0.3 is 0 Å². The van der Waals surface area contributed by atoms with Crippen molar-refractivity contribution in [2.75, 3.05) is 38.2 Å². The molecule has 0 aliphatic carbocycles. The SMILES string of the molecule is COCc1ccccc1CN1CCCC2(CCN(c3nc(C)cc(C)n3)CC2)C1. The first-order valence-corrected chi connectivity index (χ1v) is 10.9. The quantitative estimate of drug-likeness (QED) is 0.763. The molecule has 1 aromatic carbocycles. The fourth-order valence-corrected chi connectivity index (χ4v) is 5.13. The summed E-state index contributed by atoms with van der Waals surface area (Å²) in [6.07, 6.45) is 5.12. The molecular weight excluding hydrogens is 360 g/mol. The first-order chi connectivity index (χ1) is 14.1. The third-order valence-corrected chi connectivity index (χ3v) is 6.63. The summed E-state index contributed by atoms with van der Waals surface area (Å²) in [6, 6.07) is 10.8. The van der Waals surface area contributed by atoms with Gasteiger partial charge in [-0.05, 0) is 68.7 Å². The Kier molecular flexibility index (Phi) is 6.16. The molecule has 2 saturated heterocycles. The highest BCUT2D eigenvalue weighted by atomic mass is 16.5. The predicted octanol–water partition coefficient (Wildman–Crippen LogP) is 4.12. The first-order valence-electron chi connectivity index (χ1n) is 10.9. The van der Waals surface area contributed by atoms with E-state index in [1.54, 1.807) is 7.11 Å². The van der Waals surface area contributed by atoms with Crippen LogP contribution in [0.3, 0.4) is 0 Å². The smallest absolute Gasteiger partial charge is 0.225 e. The van der Waals surface area contributed by atoms with Crippen molar-refractivity contribution in [1.29, 1.82) is 0 Å². The van der Waals surface area contributed by atoms with E-state index in [2.05, 4.69) is 63.9 Å². The lowest BCUT2D eigenvalue weighted by Gasteiger charge is -2.48. The Morgan fingerprint density at radius 1 is 0.966 bits per heavy atom. The molecule has 0 N–H and O–H groups in total. The Bertz CT molecular complexity index is 809. The van der Waals surface area contributed by atoms with E-state index in [9.17, 15) is 0 Å². The largest absolute Gasteiger partial charge is 0.380 e. The van der Waals surface area contributed by atoms with Crippen LogP contribution in [0, 0.1) is 19.3 Å². The molecule has 0 saturated carbocycles. The Hall–Kier alpha value is -1.98. The molecule has 5 nitrogen and oxygen atoms in total. The molecule has 3 heterocycles. The lowest BCUT2D eigenvalue weighted by atomic mass is 9.72. The molecule has 0 radical (unpaired) electrons. The van der Waals surface area contributed by atoms with E-state index < -0.39 is 0 Å². The van der Waals surface area contributed by atoms with Crippen LogP contribution in [0.15, 0.2) is 30.3 Å². The minimum Gasteiger partial charge on any atom is -0.380 e. The number of rotatable bonds is 5. The highest BCUT2D eigenvalue weighted by molar-refractivity contribution is 5.33. The molecule has 5 heteroatoms. The van der Waals surface area contributed by atoms with Crippen LogP contribution >= 0.6 is 0 Å². The van der Waals surface area contributed by atoms with Crippen molar-refractivity contribution < 1.29 is 4.74 Å². The van der Waals surface area contributed by atoms with Gasteiger partial charge in [-0.1, -0.05) is 24.3 Å². The Morgan fingerprint density at radius 3 is 2.34 bits per heavy atom. The van der Waals surface area contributed by atoms with Crippen LogP contribution < -0.4 is 4.90 Å². The van der Waals surface area contributed by atoms with Gasteiger partial charge in [0.2, 0.25) is 5.95 Å². The summed E-state index contributed by atoms with van der Waals surface area (Å²) in [7, 11) is 1.78. The summed E-state index contributed by atoms with van der Waals surface area (Å²) in [4.78, 5) is 14.4. The van der Waals surface area contributed by atoms with Crippen molar-refractivity contribution in [3.63, 3.8) is 0 Å². The maximum atomic E-state index is 5.40. The second-order valence-electron chi connectivity index (χ2n) is 8.95. The van der Waals surface area contributed by atoms with E-state index in [0.29, 0.717) is 12.0 Å². The average Bonchev–Trinajstić information content (AvgIpc) is 2.70. The van der Waals surface area contributed by atoms with Crippen LogP contribution in [0.2, 0.25) is 0 Å². The Labute approximate surface area is 175 Å². The number of hydrogen-bond acceptors (Lipinski definition) is 5. The molecule has 0 atom stereocenters. The second-order valence-corrected chi connectivity index (χ2v) is 8.95. The van der Waals surface area contributed by atoms with E-state index in [1.807, 2.05) is 0 Å². The van der Waals surface area contributed by atoms with Gasteiger partial charge in [0.1, 0.15) is 0 Å². The number of aryl methyl sites for hydroxylation is 2. The van der Waals surface area contributed by atoms with E-state index in [4.69, 9.17) is 4.74 Å².